The first-order valence-electron chi connectivity index (χ1n) is 9.80. The van der Waals surface area contributed by atoms with Crippen molar-refractivity contribution < 1.29 is 4.52 Å². The van der Waals surface area contributed by atoms with Crippen LogP contribution in [0.15, 0.2) is 52.0 Å². The van der Waals surface area contributed by atoms with E-state index in [1.54, 1.807) is 29.2 Å². The van der Waals surface area contributed by atoms with Crippen LogP contribution in [-0.4, -0.2) is 44.5 Å². The minimum Gasteiger partial charge on any atom is -0.361 e. The molecule has 0 aliphatic carbocycles. The Morgan fingerprint density at radius 1 is 1.14 bits per heavy atom. The molecular formula is C21H25N5O2. The van der Waals surface area contributed by atoms with Crippen molar-refractivity contribution in [3.05, 3.63) is 64.5 Å². The highest BCUT2D eigenvalue weighted by atomic mass is 16.5. The van der Waals surface area contributed by atoms with Crippen LogP contribution < -0.4 is 5.56 Å². The maximum absolute atomic E-state index is 12.3. The summed E-state index contributed by atoms with van der Waals surface area (Å²) >= 11 is 0. The van der Waals surface area contributed by atoms with Crippen LogP contribution >= 0.6 is 0 Å². The van der Waals surface area contributed by atoms with Crippen LogP contribution in [0.2, 0.25) is 0 Å². The highest BCUT2D eigenvalue weighted by molar-refractivity contribution is 5.56. The summed E-state index contributed by atoms with van der Waals surface area (Å²) in [4.78, 5) is 18.8. The van der Waals surface area contributed by atoms with E-state index >= 15 is 0 Å². The lowest BCUT2D eigenvalue weighted by Crippen LogP contribution is -2.37. The molecule has 1 saturated heterocycles. The number of rotatable bonds is 6. The minimum atomic E-state index is -0.0408. The zero-order valence-electron chi connectivity index (χ0n) is 16.1. The van der Waals surface area contributed by atoms with Crippen molar-refractivity contribution in [1.82, 2.24) is 24.8 Å². The average Bonchev–Trinajstić information content (AvgIpc) is 3.15. The Morgan fingerprint density at radius 2 is 1.93 bits per heavy atom. The van der Waals surface area contributed by atoms with E-state index in [-0.39, 0.29) is 5.56 Å². The van der Waals surface area contributed by atoms with Gasteiger partial charge in [-0.2, -0.15) is 5.10 Å². The summed E-state index contributed by atoms with van der Waals surface area (Å²) in [6.45, 7) is 5.68. The third-order valence-corrected chi connectivity index (χ3v) is 5.33. The van der Waals surface area contributed by atoms with Gasteiger partial charge in [-0.1, -0.05) is 5.16 Å². The fourth-order valence-electron chi connectivity index (χ4n) is 3.70. The summed E-state index contributed by atoms with van der Waals surface area (Å²) in [6.07, 6.45) is 6.51. The fourth-order valence-corrected chi connectivity index (χ4v) is 3.70. The smallest absolute Gasteiger partial charge is 0.266 e. The maximum Gasteiger partial charge on any atom is 0.266 e. The first kappa shape index (κ1) is 18.6. The first-order valence-corrected chi connectivity index (χ1v) is 9.80. The molecule has 1 fully saturated rings. The highest BCUT2D eigenvalue weighted by Crippen LogP contribution is 2.20. The van der Waals surface area contributed by atoms with Crippen LogP contribution in [-0.2, 0) is 13.0 Å². The largest absolute Gasteiger partial charge is 0.361 e. The van der Waals surface area contributed by atoms with Gasteiger partial charge in [-0.05, 0) is 57.0 Å². The topological polar surface area (TPSA) is 77.0 Å². The Balaban J connectivity index is 1.32. The van der Waals surface area contributed by atoms with E-state index in [1.807, 2.05) is 25.1 Å². The normalized spacial score (nSPS) is 15.8. The molecule has 0 amide bonds. The number of piperidine rings is 1. The lowest BCUT2D eigenvalue weighted by Gasteiger charge is -2.31. The zero-order valence-corrected chi connectivity index (χ0v) is 16.1. The van der Waals surface area contributed by atoms with Crippen molar-refractivity contribution in [2.45, 2.75) is 32.7 Å². The molecule has 0 aromatic carbocycles. The quantitative estimate of drug-likeness (QED) is 0.655. The van der Waals surface area contributed by atoms with Gasteiger partial charge in [0.25, 0.3) is 5.56 Å². The molecule has 0 radical (unpaired) electrons. The molecule has 0 spiro atoms. The number of aryl methyl sites for hydroxylation is 1. The van der Waals surface area contributed by atoms with E-state index in [0.29, 0.717) is 12.5 Å². The molecule has 0 saturated carbocycles. The third-order valence-electron chi connectivity index (χ3n) is 5.33. The Bertz CT molecular complexity index is 958. The molecule has 28 heavy (non-hydrogen) atoms. The molecule has 1 aliphatic heterocycles. The van der Waals surface area contributed by atoms with Crippen LogP contribution in [0.5, 0.6) is 0 Å². The molecule has 0 atom stereocenters. The summed E-state index contributed by atoms with van der Waals surface area (Å²) in [5.74, 6) is 1.42. The van der Waals surface area contributed by atoms with Crippen molar-refractivity contribution in [1.29, 1.82) is 0 Å². The molecule has 0 bridgehead atoms. The van der Waals surface area contributed by atoms with Gasteiger partial charge in [0.1, 0.15) is 5.76 Å². The second-order valence-corrected chi connectivity index (χ2v) is 7.44. The summed E-state index contributed by atoms with van der Waals surface area (Å²) in [5, 5.41) is 8.52. The molecular weight excluding hydrogens is 354 g/mol. The van der Waals surface area contributed by atoms with E-state index < -0.39 is 0 Å². The second-order valence-electron chi connectivity index (χ2n) is 7.44. The van der Waals surface area contributed by atoms with Crippen LogP contribution in [0.25, 0.3) is 11.3 Å². The molecule has 0 N–H and O–H groups in total. The lowest BCUT2D eigenvalue weighted by atomic mass is 9.96. The monoisotopic (exact) mass is 379 g/mol. The molecule has 0 unspecified atom stereocenters. The molecule has 3 aromatic heterocycles. The van der Waals surface area contributed by atoms with Crippen LogP contribution in [0.4, 0.5) is 0 Å². The molecule has 4 heterocycles. The van der Waals surface area contributed by atoms with Crippen LogP contribution in [0, 0.1) is 12.8 Å². The van der Waals surface area contributed by atoms with E-state index in [2.05, 4.69) is 20.1 Å². The molecule has 4 rings (SSSR count). The lowest BCUT2D eigenvalue weighted by molar-refractivity contribution is 0.168. The molecule has 146 valence electrons. The minimum absolute atomic E-state index is 0.0408. The van der Waals surface area contributed by atoms with Crippen molar-refractivity contribution in [3.63, 3.8) is 0 Å². The highest BCUT2D eigenvalue weighted by Gasteiger charge is 2.20. The van der Waals surface area contributed by atoms with Gasteiger partial charge in [-0.3, -0.25) is 9.78 Å². The van der Waals surface area contributed by atoms with Gasteiger partial charge in [-0.15, -0.1) is 0 Å². The number of nitrogens with zero attached hydrogens (tertiary/aromatic N) is 5. The number of aromatic nitrogens is 4. The molecule has 7 nitrogen and oxygen atoms in total. The molecule has 1 aliphatic rings. The third kappa shape index (κ3) is 4.54. The predicted molar refractivity (Wildman–Crippen MR) is 106 cm³/mol. The van der Waals surface area contributed by atoms with Gasteiger partial charge >= 0.3 is 0 Å². The van der Waals surface area contributed by atoms with E-state index in [4.69, 9.17) is 4.52 Å². The van der Waals surface area contributed by atoms with Crippen molar-refractivity contribution in [3.8, 4) is 11.3 Å². The molecule has 3 aromatic rings. The van der Waals surface area contributed by atoms with E-state index in [0.717, 1.165) is 61.6 Å². The van der Waals surface area contributed by atoms with Crippen molar-refractivity contribution >= 4 is 0 Å². The SMILES string of the molecule is Cc1cc(CCN2CCC(Cn3nc(-c4ccncc4)ccc3=O)CC2)on1. The van der Waals surface area contributed by atoms with Crippen LogP contribution in [0.3, 0.4) is 0 Å². The summed E-state index contributed by atoms with van der Waals surface area (Å²) < 4.78 is 6.91. The van der Waals surface area contributed by atoms with Crippen molar-refractivity contribution in [2.75, 3.05) is 19.6 Å². The Kier molecular flexibility index (Phi) is 5.62. The summed E-state index contributed by atoms with van der Waals surface area (Å²) in [5.41, 5.74) is 2.67. The van der Waals surface area contributed by atoms with Gasteiger partial charge in [0, 0.05) is 49.6 Å². The second kappa shape index (κ2) is 8.48. The Morgan fingerprint density at radius 3 is 2.64 bits per heavy atom. The van der Waals surface area contributed by atoms with Crippen LogP contribution in [0.1, 0.15) is 24.3 Å². The standard InChI is InChI=1S/C21H25N5O2/c1-16-14-19(28-24-16)8-13-25-11-6-17(7-12-25)15-26-21(27)3-2-20(23-26)18-4-9-22-10-5-18/h2-5,9-10,14,17H,6-8,11-13,15H2,1H3. The maximum atomic E-state index is 12.3. The van der Waals surface area contributed by atoms with Gasteiger partial charge < -0.3 is 9.42 Å². The Hall–Kier alpha value is -2.80. The first-order chi connectivity index (χ1) is 13.7. The van der Waals surface area contributed by atoms with Gasteiger partial charge in [-0.25, -0.2) is 4.68 Å². The predicted octanol–water partition coefficient (Wildman–Crippen LogP) is 2.56. The van der Waals surface area contributed by atoms with Gasteiger partial charge in [0.15, 0.2) is 0 Å². The van der Waals surface area contributed by atoms with E-state index in [1.165, 1.54) is 0 Å². The Labute approximate surface area is 164 Å². The average molecular weight is 379 g/mol. The fraction of sp³-hybridized carbons (Fsp3) is 0.429. The van der Waals surface area contributed by atoms with E-state index in [9.17, 15) is 4.79 Å². The number of hydrogen-bond donors (Lipinski definition) is 0. The summed E-state index contributed by atoms with van der Waals surface area (Å²) in [7, 11) is 0. The summed E-state index contributed by atoms with van der Waals surface area (Å²) in [6, 6.07) is 9.21. The number of likely N-dealkylation sites (tertiary alicyclic amines) is 1. The van der Waals surface area contributed by atoms with Gasteiger partial charge in [0.05, 0.1) is 11.4 Å². The molecule has 7 heteroatoms. The van der Waals surface area contributed by atoms with Crippen molar-refractivity contribution in [2.24, 2.45) is 5.92 Å². The number of pyridine rings is 1. The number of hydrogen-bond acceptors (Lipinski definition) is 6. The van der Waals surface area contributed by atoms with Gasteiger partial charge in [0.2, 0.25) is 0 Å². The zero-order chi connectivity index (χ0) is 19.3.